The summed E-state index contributed by atoms with van der Waals surface area (Å²) in [6.45, 7) is 0.545. The van der Waals surface area contributed by atoms with Gasteiger partial charge in [-0.15, -0.1) is 0 Å². The molecule has 164 valence electrons. The van der Waals surface area contributed by atoms with Crippen LogP contribution in [0, 0.1) is 5.82 Å². The molecule has 0 saturated carbocycles. The van der Waals surface area contributed by atoms with E-state index in [1.54, 1.807) is 26.4 Å². The molecule has 32 heavy (non-hydrogen) atoms. The van der Waals surface area contributed by atoms with Crippen molar-refractivity contribution in [3.8, 4) is 11.5 Å². The number of nitrogens with one attached hydrogen (secondary N) is 1. The Balaban J connectivity index is 1.78. The van der Waals surface area contributed by atoms with Crippen molar-refractivity contribution in [2.45, 2.75) is 12.5 Å². The van der Waals surface area contributed by atoms with Crippen LogP contribution in [-0.4, -0.2) is 40.7 Å². The minimum atomic E-state index is -0.543. The first kappa shape index (κ1) is 20.3. The lowest BCUT2D eigenvalue weighted by molar-refractivity contribution is 0.353. The molecule has 8 nitrogen and oxygen atoms in total. The predicted molar refractivity (Wildman–Crippen MR) is 120 cm³/mol. The van der Waals surface area contributed by atoms with Gasteiger partial charge >= 0.3 is 0 Å². The second-order valence-corrected chi connectivity index (χ2v) is 7.81. The number of hydrogen-bond donors (Lipinski definition) is 2. The van der Waals surface area contributed by atoms with Crippen LogP contribution in [0.4, 0.5) is 16.2 Å². The van der Waals surface area contributed by atoms with Crippen molar-refractivity contribution in [1.29, 1.82) is 0 Å². The summed E-state index contributed by atoms with van der Waals surface area (Å²) in [6.07, 6.45) is 2.21. The lowest BCUT2D eigenvalue weighted by Gasteiger charge is -2.39. The standard InChI is InChI=1S/C22H20ClFN6O2/c1-31-15-8-11-6-7-30(21-18-20(27-10-26-18)28-22(25)29-21)19(13(11)9-16(15)32-2)12-4-3-5-14(23)17(12)24/h3-5,8-10,19H,6-7H2,1-2H3,(H3,25,26,27,28,29)/t19-/m1/s1. The summed E-state index contributed by atoms with van der Waals surface area (Å²) in [5.41, 5.74) is 9.33. The summed E-state index contributed by atoms with van der Waals surface area (Å²) in [5.74, 6) is 1.30. The van der Waals surface area contributed by atoms with Crippen LogP contribution in [-0.2, 0) is 6.42 Å². The van der Waals surface area contributed by atoms with E-state index in [-0.39, 0.29) is 11.0 Å². The molecule has 0 radical (unpaired) electrons. The fourth-order valence-corrected chi connectivity index (χ4v) is 4.46. The zero-order chi connectivity index (χ0) is 22.4. The number of halogens is 2. The van der Waals surface area contributed by atoms with Crippen LogP contribution >= 0.6 is 11.6 Å². The number of imidazole rings is 1. The van der Waals surface area contributed by atoms with Crippen LogP contribution in [0.5, 0.6) is 11.5 Å². The number of anilines is 2. The van der Waals surface area contributed by atoms with Gasteiger partial charge < -0.3 is 25.1 Å². The molecule has 0 unspecified atom stereocenters. The fraction of sp³-hybridized carbons (Fsp3) is 0.227. The van der Waals surface area contributed by atoms with E-state index in [2.05, 4.69) is 19.9 Å². The van der Waals surface area contributed by atoms with E-state index in [1.165, 1.54) is 12.4 Å². The number of hydrogen-bond acceptors (Lipinski definition) is 7. The molecule has 1 aliphatic heterocycles. The van der Waals surface area contributed by atoms with Gasteiger partial charge in [0.2, 0.25) is 5.95 Å². The summed E-state index contributed by atoms with van der Waals surface area (Å²) in [4.78, 5) is 17.9. The van der Waals surface area contributed by atoms with E-state index in [0.717, 1.165) is 11.1 Å². The number of aromatic nitrogens is 4. The van der Waals surface area contributed by atoms with Crippen LogP contribution in [0.1, 0.15) is 22.7 Å². The van der Waals surface area contributed by atoms with Gasteiger partial charge in [-0.3, -0.25) is 0 Å². The number of aromatic amines is 1. The zero-order valence-corrected chi connectivity index (χ0v) is 18.2. The molecule has 1 aliphatic rings. The molecule has 3 N–H and O–H groups in total. The second-order valence-electron chi connectivity index (χ2n) is 7.40. The first-order valence-electron chi connectivity index (χ1n) is 9.93. The second kappa shape index (κ2) is 7.83. The fourth-order valence-electron chi connectivity index (χ4n) is 4.28. The van der Waals surface area contributed by atoms with E-state index in [0.29, 0.717) is 47.0 Å². The largest absolute Gasteiger partial charge is 0.493 e. The number of nitrogen functional groups attached to an aromatic ring is 1. The van der Waals surface area contributed by atoms with Crippen LogP contribution in [0.15, 0.2) is 36.7 Å². The van der Waals surface area contributed by atoms with Crippen molar-refractivity contribution in [2.75, 3.05) is 31.4 Å². The van der Waals surface area contributed by atoms with Crippen LogP contribution in [0.3, 0.4) is 0 Å². The minimum Gasteiger partial charge on any atom is -0.493 e. The highest BCUT2D eigenvalue weighted by Crippen LogP contribution is 2.44. The van der Waals surface area contributed by atoms with Crippen molar-refractivity contribution in [2.24, 2.45) is 0 Å². The molecule has 0 saturated heterocycles. The third-order valence-electron chi connectivity index (χ3n) is 5.71. The van der Waals surface area contributed by atoms with E-state index in [9.17, 15) is 0 Å². The number of nitrogens with two attached hydrogens (primary N) is 1. The number of benzene rings is 2. The van der Waals surface area contributed by atoms with Crippen molar-refractivity contribution < 1.29 is 13.9 Å². The van der Waals surface area contributed by atoms with E-state index < -0.39 is 11.9 Å². The Morgan fingerprint density at radius 2 is 1.94 bits per heavy atom. The third kappa shape index (κ3) is 3.16. The Bertz CT molecular complexity index is 1330. The smallest absolute Gasteiger partial charge is 0.224 e. The zero-order valence-electron chi connectivity index (χ0n) is 17.4. The van der Waals surface area contributed by atoms with Gasteiger partial charge in [0.15, 0.2) is 23.0 Å². The van der Waals surface area contributed by atoms with E-state index in [1.807, 2.05) is 17.0 Å². The van der Waals surface area contributed by atoms with Gasteiger partial charge in [-0.1, -0.05) is 23.7 Å². The van der Waals surface area contributed by atoms with Gasteiger partial charge in [0.25, 0.3) is 0 Å². The summed E-state index contributed by atoms with van der Waals surface area (Å²) in [6, 6.07) is 8.24. The molecule has 0 amide bonds. The maximum Gasteiger partial charge on any atom is 0.224 e. The summed E-state index contributed by atoms with van der Waals surface area (Å²) in [5, 5.41) is 0.0453. The van der Waals surface area contributed by atoms with Crippen molar-refractivity contribution in [3.63, 3.8) is 0 Å². The average molecular weight is 455 g/mol. The Labute approximate surface area is 188 Å². The van der Waals surface area contributed by atoms with Crippen LogP contribution in [0.25, 0.3) is 11.2 Å². The SMILES string of the molecule is COc1cc2c(cc1OC)[C@@H](c1cccc(Cl)c1F)N(c1nc(N)nc3nc[nH]c13)CC2. The molecule has 4 aromatic rings. The number of ether oxygens (including phenoxy) is 2. The van der Waals surface area contributed by atoms with Gasteiger partial charge in [-0.05, 0) is 35.7 Å². The molecule has 0 fully saturated rings. The van der Waals surface area contributed by atoms with Crippen molar-refractivity contribution in [1.82, 2.24) is 19.9 Å². The predicted octanol–water partition coefficient (Wildman–Crippen LogP) is 3.90. The Morgan fingerprint density at radius 3 is 2.72 bits per heavy atom. The number of H-pyrrole nitrogens is 1. The summed E-state index contributed by atoms with van der Waals surface area (Å²) < 4.78 is 26.3. The highest BCUT2D eigenvalue weighted by molar-refractivity contribution is 6.30. The van der Waals surface area contributed by atoms with E-state index >= 15 is 4.39 Å². The molecule has 1 atom stereocenters. The number of fused-ring (bicyclic) bond motifs is 2. The Morgan fingerprint density at radius 1 is 1.16 bits per heavy atom. The number of nitrogens with zero attached hydrogens (tertiary/aromatic N) is 4. The first-order valence-corrected chi connectivity index (χ1v) is 10.3. The lowest BCUT2D eigenvalue weighted by atomic mass is 9.87. The molecular weight excluding hydrogens is 435 g/mol. The molecule has 2 aromatic heterocycles. The van der Waals surface area contributed by atoms with Gasteiger partial charge in [0, 0.05) is 12.1 Å². The normalized spacial score (nSPS) is 15.6. The van der Waals surface area contributed by atoms with Crippen molar-refractivity contribution in [3.05, 3.63) is 64.2 Å². The minimum absolute atomic E-state index is 0.0453. The maximum absolute atomic E-state index is 15.3. The van der Waals surface area contributed by atoms with Crippen LogP contribution in [0.2, 0.25) is 5.02 Å². The molecule has 10 heteroatoms. The molecular formula is C22H20ClFN6O2. The maximum atomic E-state index is 15.3. The summed E-state index contributed by atoms with van der Waals surface area (Å²) in [7, 11) is 3.16. The van der Waals surface area contributed by atoms with Gasteiger partial charge in [0.1, 0.15) is 11.3 Å². The third-order valence-corrected chi connectivity index (χ3v) is 6.00. The van der Waals surface area contributed by atoms with E-state index in [4.69, 9.17) is 26.8 Å². The quantitative estimate of drug-likeness (QED) is 0.482. The molecule has 3 heterocycles. The van der Waals surface area contributed by atoms with Gasteiger partial charge in [-0.25, -0.2) is 9.37 Å². The van der Waals surface area contributed by atoms with Gasteiger partial charge in [-0.2, -0.15) is 9.97 Å². The summed E-state index contributed by atoms with van der Waals surface area (Å²) >= 11 is 6.16. The Hall–Kier alpha value is -3.59. The highest BCUT2D eigenvalue weighted by atomic mass is 35.5. The number of rotatable bonds is 4. The topological polar surface area (TPSA) is 102 Å². The average Bonchev–Trinajstić information content (AvgIpc) is 3.27. The highest BCUT2D eigenvalue weighted by Gasteiger charge is 2.35. The molecule has 0 spiro atoms. The van der Waals surface area contributed by atoms with Gasteiger partial charge in [0.05, 0.1) is 31.6 Å². The van der Waals surface area contributed by atoms with Crippen molar-refractivity contribution >= 4 is 34.5 Å². The number of methoxy groups -OCH3 is 2. The molecule has 0 bridgehead atoms. The Kier molecular flexibility index (Phi) is 4.97. The van der Waals surface area contributed by atoms with Crippen LogP contribution < -0.4 is 20.1 Å². The monoisotopic (exact) mass is 454 g/mol. The first-order chi connectivity index (χ1) is 15.5. The lowest BCUT2D eigenvalue weighted by Crippen LogP contribution is -2.37. The molecule has 5 rings (SSSR count). The molecule has 2 aromatic carbocycles. The molecule has 0 aliphatic carbocycles.